The molecule has 1 heterocycles. The highest BCUT2D eigenvalue weighted by Gasteiger charge is 2.34. The number of halogens is 3. The molecule has 116 valence electrons. The molecular formula is C16H14F3NOS. The van der Waals surface area contributed by atoms with Crippen LogP contribution in [-0.4, -0.2) is 16.8 Å². The molecule has 2 aromatic rings. The molecule has 0 bridgehead atoms. The number of alkyl halides is 3. The monoisotopic (exact) mass is 325 g/mol. The summed E-state index contributed by atoms with van der Waals surface area (Å²) in [5, 5.41) is 3.64. The Kier molecular flexibility index (Phi) is 3.95. The highest BCUT2D eigenvalue weighted by atomic mass is 32.1. The minimum atomic E-state index is -4.33. The molecule has 1 amide bonds. The molecule has 0 spiro atoms. The SMILES string of the molecule is O=C(c1ccsc1)N(Cc1ccc(C(F)(F)F)cc1)C1CC1. The Morgan fingerprint density at radius 1 is 1.18 bits per heavy atom. The van der Waals surface area contributed by atoms with Crippen LogP contribution in [0.1, 0.15) is 34.3 Å². The molecular weight excluding hydrogens is 311 g/mol. The lowest BCUT2D eigenvalue weighted by Gasteiger charge is -2.22. The fraction of sp³-hybridized carbons (Fsp3) is 0.312. The van der Waals surface area contributed by atoms with Gasteiger partial charge in [-0.2, -0.15) is 24.5 Å². The van der Waals surface area contributed by atoms with Crippen LogP contribution in [0, 0.1) is 0 Å². The molecule has 3 rings (SSSR count). The van der Waals surface area contributed by atoms with E-state index in [1.54, 1.807) is 16.3 Å². The molecule has 0 aliphatic heterocycles. The van der Waals surface area contributed by atoms with Gasteiger partial charge in [-0.15, -0.1) is 0 Å². The minimum absolute atomic E-state index is 0.0522. The summed E-state index contributed by atoms with van der Waals surface area (Å²) in [5.74, 6) is -0.0522. The summed E-state index contributed by atoms with van der Waals surface area (Å²) in [6.45, 7) is 0.345. The zero-order valence-electron chi connectivity index (χ0n) is 11.6. The number of hydrogen-bond donors (Lipinski definition) is 0. The summed E-state index contributed by atoms with van der Waals surface area (Å²) in [6.07, 6.45) is -2.42. The molecule has 1 saturated carbocycles. The summed E-state index contributed by atoms with van der Waals surface area (Å²) in [6, 6.07) is 6.99. The maximum absolute atomic E-state index is 12.6. The van der Waals surface area contributed by atoms with Crippen LogP contribution in [-0.2, 0) is 12.7 Å². The van der Waals surface area contributed by atoms with Gasteiger partial charge in [0.1, 0.15) is 0 Å². The van der Waals surface area contributed by atoms with Gasteiger partial charge in [-0.3, -0.25) is 4.79 Å². The summed E-state index contributed by atoms with van der Waals surface area (Å²) in [4.78, 5) is 14.2. The Morgan fingerprint density at radius 3 is 2.36 bits per heavy atom. The molecule has 0 atom stereocenters. The number of hydrogen-bond acceptors (Lipinski definition) is 2. The Hall–Kier alpha value is -1.82. The zero-order valence-corrected chi connectivity index (χ0v) is 12.5. The number of amides is 1. The first-order chi connectivity index (χ1) is 10.4. The van der Waals surface area contributed by atoms with Crippen molar-refractivity contribution in [2.75, 3.05) is 0 Å². The van der Waals surface area contributed by atoms with Gasteiger partial charge in [0.2, 0.25) is 0 Å². The molecule has 0 unspecified atom stereocenters. The van der Waals surface area contributed by atoms with E-state index in [-0.39, 0.29) is 11.9 Å². The predicted octanol–water partition coefficient (Wildman–Crippen LogP) is 4.57. The van der Waals surface area contributed by atoms with Crippen LogP contribution >= 0.6 is 11.3 Å². The van der Waals surface area contributed by atoms with Gasteiger partial charge in [0, 0.05) is 18.0 Å². The number of carbonyl (C=O) groups excluding carboxylic acids is 1. The van der Waals surface area contributed by atoms with Crippen LogP contribution in [0.5, 0.6) is 0 Å². The lowest BCUT2D eigenvalue weighted by Crippen LogP contribution is -2.32. The molecule has 6 heteroatoms. The van der Waals surface area contributed by atoms with Gasteiger partial charge in [0.05, 0.1) is 11.1 Å². The van der Waals surface area contributed by atoms with Gasteiger partial charge in [-0.05, 0) is 42.0 Å². The average Bonchev–Trinajstić information content (AvgIpc) is 3.17. The van der Waals surface area contributed by atoms with Crippen molar-refractivity contribution in [1.29, 1.82) is 0 Å². The quantitative estimate of drug-likeness (QED) is 0.806. The van der Waals surface area contributed by atoms with E-state index in [0.29, 0.717) is 17.7 Å². The summed E-state index contributed by atoms with van der Waals surface area (Å²) in [5.41, 5.74) is 0.686. The van der Waals surface area contributed by atoms with Gasteiger partial charge in [0.25, 0.3) is 5.91 Å². The minimum Gasteiger partial charge on any atom is -0.331 e. The van der Waals surface area contributed by atoms with Crippen molar-refractivity contribution in [1.82, 2.24) is 4.90 Å². The van der Waals surface area contributed by atoms with Crippen LogP contribution in [0.2, 0.25) is 0 Å². The summed E-state index contributed by atoms with van der Waals surface area (Å²) in [7, 11) is 0. The van der Waals surface area contributed by atoms with Crippen molar-refractivity contribution >= 4 is 17.2 Å². The molecule has 1 aliphatic rings. The van der Waals surface area contributed by atoms with Crippen molar-refractivity contribution in [2.24, 2.45) is 0 Å². The average molecular weight is 325 g/mol. The summed E-state index contributed by atoms with van der Waals surface area (Å²) < 4.78 is 37.7. The Morgan fingerprint density at radius 2 is 1.86 bits per heavy atom. The van der Waals surface area contributed by atoms with E-state index in [1.165, 1.54) is 23.5 Å². The molecule has 0 radical (unpaired) electrons. The second kappa shape index (κ2) is 5.76. The molecule has 1 aromatic carbocycles. The fourth-order valence-electron chi connectivity index (χ4n) is 2.30. The van der Waals surface area contributed by atoms with E-state index in [9.17, 15) is 18.0 Å². The zero-order chi connectivity index (χ0) is 15.7. The van der Waals surface area contributed by atoms with Crippen LogP contribution < -0.4 is 0 Å². The molecule has 1 aromatic heterocycles. The largest absolute Gasteiger partial charge is 0.416 e. The van der Waals surface area contributed by atoms with Crippen molar-refractivity contribution in [2.45, 2.75) is 31.6 Å². The van der Waals surface area contributed by atoms with E-state index < -0.39 is 11.7 Å². The van der Waals surface area contributed by atoms with Gasteiger partial charge in [-0.1, -0.05) is 12.1 Å². The first kappa shape index (κ1) is 15.1. The first-order valence-corrected chi connectivity index (χ1v) is 7.89. The number of carbonyl (C=O) groups is 1. The summed E-state index contributed by atoms with van der Waals surface area (Å²) >= 11 is 1.46. The number of rotatable bonds is 4. The third kappa shape index (κ3) is 3.32. The standard InChI is InChI=1S/C16H14F3NOS/c17-16(18,19)13-3-1-11(2-4-13)9-20(14-5-6-14)15(21)12-7-8-22-10-12/h1-4,7-8,10,14H,5-6,9H2. The fourth-order valence-corrected chi connectivity index (χ4v) is 2.93. The number of nitrogens with zero attached hydrogens (tertiary/aromatic N) is 1. The Bertz CT molecular complexity index is 645. The molecule has 0 N–H and O–H groups in total. The lowest BCUT2D eigenvalue weighted by molar-refractivity contribution is -0.137. The second-order valence-electron chi connectivity index (χ2n) is 5.37. The van der Waals surface area contributed by atoms with Gasteiger partial charge < -0.3 is 4.90 Å². The normalized spacial score (nSPS) is 14.9. The van der Waals surface area contributed by atoms with Gasteiger partial charge in [0.15, 0.2) is 0 Å². The second-order valence-corrected chi connectivity index (χ2v) is 6.15. The highest BCUT2D eigenvalue weighted by molar-refractivity contribution is 7.08. The van der Waals surface area contributed by atoms with Crippen molar-refractivity contribution < 1.29 is 18.0 Å². The third-order valence-electron chi connectivity index (χ3n) is 3.65. The maximum atomic E-state index is 12.6. The van der Waals surface area contributed by atoms with Gasteiger partial charge >= 0.3 is 6.18 Å². The van der Waals surface area contributed by atoms with E-state index >= 15 is 0 Å². The maximum Gasteiger partial charge on any atom is 0.416 e. The number of benzene rings is 1. The van der Waals surface area contributed by atoms with Crippen molar-refractivity contribution in [3.8, 4) is 0 Å². The van der Waals surface area contributed by atoms with Crippen LogP contribution in [0.15, 0.2) is 41.1 Å². The number of thiophene rings is 1. The molecule has 0 saturated heterocycles. The molecule has 1 fully saturated rings. The van der Waals surface area contributed by atoms with Crippen molar-refractivity contribution in [3.05, 3.63) is 57.8 Å². The van der Waals surface area contributed by atoms with E-state index in [1.807, 2.05) is 5.38 Å². The van der Waals surface area contributed by atoms with Crippen molar-refractivity contribution in [3.63, 3.8) is 0 Å². The molecule has 2 nitrogen and oxygen atoms in total. The Labute approximate surface area is 130 Å². The molecule has 1 aliphatic carbocycles. The van der Waals surface area contributed by atoms with E-state index in [4.69, 9.17) is 0 Å². The third-order valence-corrected chi connectivity index (χ3v) is 4.33. The topological polar surface area (TPSA) is 20.3 Å². The highest BCUT2D eigenvalue weighted by Crippen LogP contribution is 2.32. The van der Waals surface area contributed by atoms with E-state index in [2.05, 4.69) is 0 Å². The van der Waals surface area contributed by atoms with Crippen LogP contribution in [0.25, 0.3) is 0 Å². The van der Waals surface area contributed by atoms with Crippen LogP contribution in [0.3, 0.4) is 0 Å². The van der Waals surface area contributed by atoms with Gasteiger partial charge in [-0.25, -0.2) is 0 Å². The lowest BCUT2D eigenvalue weighted by atomic mass is 10.1. The predicted molar refractivity (Wildman–Crippen MR) is 78.7 cm³/mol. The van der Waals surface area contributed by atoms with E-state index in [0.717, 1.165) is 25.0 Å². The first-order valence-electron chi connectivity index (χ1n) is 6.94. The molecule has 22 heavy (non-hydrogen) atoms. The van der Waals surface area contributed by atoms with Crippen LogP contribution in [0.4, 0.5) is 13.2 Å². The Balaban J connectivity index is 1.76. The smallest absolute Gasteiger partial charge is 0.331 e.